The molecule has 0 radical (unpaired) electrons. The second kappa shape index (κ2) is 4.67. The summed E-state index contributed by atoms with van der Waals surface area (Å²) in [6, 6.07) is 7.69. The number of hydrogen-bond donors (Lipinski definition) is 2. The fourth-order valence-corrected chi connectivity index (χ4v) is 2.51. The third-order valence-electron chi connectivity index (χ3n) is 3.39. The number of phenols is 1. The van der Waals surface area contributed by atoms with E-state index < -0.39 is 0 Å². The first-order valence-electron chi connectivity index (χ1n) is 5.79. The van der Waals surface area contributed by atoms with Gasteiger partial charge in [-0.1, -0.05) is 25.0 Å². The average Bonchev–Trinajstić information content (AvgIpc) is 2.70. The van der Waals surface area contributed by atoms with Gasteiger partial charge in [-0.15, -0.1) is 0 Å². The maximum absolute atomic E-state index is 9.35. The molecule has 0 heterocycles. The Labute approximate surface area is 91.1 Å². The number of benzene rings is 1. The number of phenolic OH excluding ortho intramolecular Hbond substituents is 1. The fraction of sp³-hybridized carbons (Fsp3) is 0.538. The highest BCUT2D eigenvalue weighted by Gasteiger charge is 2.21. The third-order valence-corrected chi connectivity index (χ3v) is 3.39. The van der Waals surface area contributed by atoms with Crippen molar-refractivity contribution in [1.82, 2.24) is 0 Å². The Morgan fingerprint density at radius 1 is 1.33 bits per heavy atom. The van der Waals surface area contributed by atoms with Gasteiger partial charge in [0, 0.05) is 6.04 Å². The highest BCUT2D eigenvalue weighted by Crippen LogP contribution is 2.28. The van der Waals surface area contributed by atoms with Crippen LogP contribution in [0.4, 0.5) is 0 Å². The van der Waals surface area contributed by atoms with E-state index in [2.05, 4.69) is 0 Å². The van der Waals surface area contributed by atoms with Gasteiger partial charge < -0.3 is 10.8 Å². The van der Waals surface area contributed by atoms with Gasteiger partial charge in [0.1, 0.15) is 5.75 Å². The first-order chi connectivity index (χ1) is 7.25. The van der Waals surface area contributed by atoms with Gasteiger partial charge in [0.15, 0.2) is 0 Å². The van der Waals surface area contributed by atoms with Crippen LogP contribution in [0.5, 0.6) is 5.75 Å². The van der Waals surface area contributed by atoms with Crippen molar-refractivity contribution >= 4 is 0 Å². The van der Waals surface area contributed by atoms with Crippen LogP contribution in [0.3, 0.4) is 0 Å². The molecule has 1 fully saturated rings. The van der Waals surface area contributed by atoms with Crippen molar-refractivity contribution in [2.75, 3.05) is 0 Å². The van der Waals surface area contributed by atoms with Crippen LogP contribution in [0.1, 0.15) is 31.2 Å². The van der Waals surface area contributed by atoms with Crippen LogP contribution in [0.15, 0.2) is 24.3 Å². The third kappa shape index (κ3) is 2.72. The predicted octanol–water partition coefficient (Wildman–Crippen LogP) is 2.45. The van der Waals surface area contributed by atoms with Crippen molar-refractivity contribution in [2.24, 2.45) is 11.7 Å². The van der Waals surface area contributed by atoms with Crippen LogP contribution in [-0.2, 0) is 6.42 Å². The Morgan fingerprint density at radius 3 is 2.73 bits per heavy atom. The number of aromatic hydroxyl groups is 1. The Kier molecular flexibility index (Phi) is 3.27. The first-order valence-corrected chi connectivity index (χ1v) is 5.79. The average molecular weight is 205 g/mol. The predicted molar refractivity (Wildman–Crippen MR) is 61.7 cm³/mol. The largest absolute Gasteiger partial charge is 0.508 e. The molecule has 1 aliphatic rings. The molecule has 1 unspecified atom stereocenters. The van der Waals surface area contributed by atoms with Crippen molar-refractivity contribution in [3.8, 4) is 5.75 Å². The quantitative estimate of drug-likeness (QED) is 0.796. The van der Waals surface area contributed by atoms with E-state index in [1.165, 1.54) is 25.7 Å². The molecule has 0 amide bonds. The molecule has 1 aliphatic carbocycles. The molecule has 0 aliphatic heterocycles. The van der Waals surface area contributed by atoms with E-state index in [0.717, 1.165) is 12.0 Å². The Bertz CT molecular complexity index is 318. The molecule has 2 rings (SSSR count). The lowest BCUT2D eigenvalue weighted by Gasteiger charge is -2.18. The zero-order valence-electron chi connectivity index (χ0n) is 9.02. The van der Waals surface area contributed by atoms with E-state index in [1.807, 2.05) is 18.2 Å². The topological polar surface area (TPSA) is 46.2 Å². The van der Waals surface area contributed by atoms with Gasteiger partial charge in [-0.25, -0.2) is 0 Å². The van der Waals surface area contributed by atoms with E-state index >= 15 is 0 Å². The molecular formula is C13H19NO. The van der Waals surface area contributed by atoms with Crippen LogP contribution in [0, 0.1) is 5.92 Å². The lowest BCUT2D eigenvalue weighted by atomic mass is 9.93. The zero-order valence-corrected chi connectivity index (χ0v) is 9.02. The molecule has 0 saturated heterocycles. The molecule has 15 heavy (non-hydrogen) atoms. The summed E-state index contributed by atoms with van der Waals surface area (Å²) in [6.07, 6.45) is 6.11. The minimum Gasteiger partial charge on any atom is -0.508 e. The van der Waals surface area contributed by atoms with Crippen molar-refractivity contribution in [3.63, 3.8) is 0 Å². The maximum Gasteiger partial charge on any atom is 0.115 e. The lowest BCUT2D eigenvalue weighted by molar-refractivity contribution is 0.427. The standard InChI is InChI=1S/C13H19NO/c14-13(11-5-1-2-6-11)9-10-4-3-7-12(15)8-10/h3-4,7-8,11,13,15H,1-2,5-6,9,14H2. The van der Waals surface area contributed by atoms with Crippen molar-refractivity contribution in [1.29, 1.82) is 0 Å². The van der Waals surface area contributed by atoms with Crippen LogP contribution < -0.4 is 5.73 Å². The van der Waals surface area contributed by atoms with Crippen LogP contribution in [0.2, 0.25) is 0 Å². The second-order valence-electron chi connectivity index (χ2n) is 4.58. The molecule has 1 aromatic carbocycles. The first kappa shape index (κ1) is 10.5. The van der Waals surface area contributed by atoms with Crippen molar-refractivity contribution in [2.45, 2.75) is 38.1 Å². The minimum absolute atomic E-state index is 0.259. The highest BCUT2D eigenvalue weighted by molar-refractivity contribution is 5.27. The van der Waals surface area contributed by atoms with Crippen LogP contribution in [0.25, 0.3) is 0 Å². The summed E-state index contributed by atoms with van der Waals surface area (Å²) in [5.41, 5.74) is 7.33. The zero-order chi connectivity index (χ0) is 10.7. The summed E-state index contributed by atoms with van der Waals surface area (Å²) < 4.78 is 0. The summed E-state index contributed by atoms with van der Waals surface area (Å²) in [6.45, 7) is 0. The van der Waals surface area contributed by atoms with Gasteiger partial charge in [-0.2, -0.15) is 0 Å². The molecule has 0 bridgehead atoms. The van der Waals surface area contributed by atoms with Gasteiger partial charge in [0.25, 0.3) is 0 Å². The summed E-state index contributed by atoms with van der Waals surface area (Å²) >= 11 is 0. The molecule has 2 heteroatoms. The monoisotopic (exact) mass is 205 g/mol. The molecule has 3 N–H and O–H groups in total. The van der Waals surface area contributed by atoms with Gasteiger partial charge >= 0.3 is 0 Å². The normalized spacial score (nSPS) is 19.3. The fourth-order valence-electron chi connectivity index (χ4n) is 2.51. The number of hydrogen-bond acceptors (Lipinski definition) is 2. The SMILES string of the molecule is NC(Cc1cccc(O)c1)C1CCCC1. The molecule has 1 saturated carbocycles. The number of nitrogens with two attached hydrogens (primary N) is 1. The lowest BCUT2D eigenvalue weighted by Crippen LogP contribution is -2.30. The summed E-state index contributed by atoms with van der Waals surface area (Å²) in [5.74, 6) is 1.03. The van der Waals surface area contributed by atoms with E-state index in [-0.39, 0.29) is 6.04 Å². The van der Waals surface area contributed by atoms with Crippen LogP contribution in [-0.4, -0.2) is 11.1 Å². The van der Waals surface area contributed by atoms with Gasteiger partial charge in [-0.3, -0.25) is 0 Å². The van der Waals surface area contributed by atoms with E-state index in [9.17, 15) is 5.11 Å². The molecule has 2 nitrogen and oxygen atoms in total. The highest BCUT2D eigenvalue weighted by atomic mass is 16.3. The van der Waals surface area contributed by atoms with Crippen molar-refractivity contribution < 1.29 is 5.11 Å². The second-order valence-corrected chi connectivity index (χ2v) is 4.58. The maximum atomic E-state index is 9.35. The number of rotatable bonds is 3. The molecule has 1 atom stereocenters. The Balaban J connectivity index is 1.95. The van der Waals surface area contributed by atoms with Gasteiger partial charge in [0.2, 0.25) is 0 Å². The van der Waals surface area contributed by atoms with E-state index in [1.54, 1.807) is 6.07 Å². The van der Waals surface area contributed by atoms with Gasteiger partial charge in [-0.05, 0) is 42.9 Å². The minimum atomic E-state index is 0.259. The van der Waals surface area contributed by atoms with Crippen LogP contribution >= 0.6 is 0 Å². The van der Waals surface area contributed by atoms with Gasteiger partial charge in [0.05, 0.1) is 0 Å². The summed E-state index contributed by atoms with van der Waals surface area (Å²) in [7, 11) is 0. The molecule has 82 valence electrons. The van der Waals surface area contributed by atoms with E-state index in [4.69, 9.17) is 5.73 Å². The molecule has 0 spiro atoms. The molecule has 0 aromatic heterocycles. The van der Waals surface area contributed by atoms with E-state index in [0.29, 0.717) is 11.7 Å². The Morgan fingerprint density at radius 2 is 2.07 bits per heavy atom. The Hall–Kier alpha value is -1.02. The molecular weight excluding hydrogens is 186 g/mol. The molecule has 1 aromatic rings. The van der Waals surface area contributed by atoms with Crippen molar-refractivity contribution in [3.05, 3.63) is 29.8 Å². The summed E-state index contributed by atoms with van der Waals surface area (Å²) in [5, 5.41) is 9.35. The smallest absolute Gasteiger partial charge is 0.115 e. The summed E-state index contributed by atoms with van der Waals surface area (Å²) in [4.78, 5) is 0.